The van der Waals surface area contributed by atoms with Crippen molar-refractivity contribution in [1.29, 1.82) is 0 Å². The molecule has 0 radical (unpaired) electrons. The number of carbonyl (C=O) groups excluding carboxylic acids is 1. The normalized spacial score (nSPS) is 10.2. The van der Waals surface area contributed by atoms with Crippen molar-refractivity contribution in [2.45, 2.75) is 26.9 Å². The summed E-state index contributed by atoms with van der Waals surface area (Å²) in [5.41, 5.74) is 0.209. The Morgan fingerprint density at radius 1 is 1.16 bits per heavy atom. The van der Waals surface area contributed by atoms with Gasteiger partial charge in [-0.3, -0.25) is 14.9 Å². The van der Waals surface area contributed by atoms with Gasteiger partial charge in [0.05, 0.1) is 16.2 Å². The van der Waals surface area contributed by atoms with Crippen molar-refractivity contribution in [3.05, 3.63) is 81.0 Å². The molecular weight excluding hydrogens is 437 g/mol. The molecule has 1 N–H and O–H groups in total. The number of amides is 1. The third kappa shape index (κ3) is 7.74. The van der Waals surface area contributed by atoms with Gasteiger partial charge in [0.1, 0.15) is 0 Å². The van der Waals surface area contributed by atoms with Gasteiger partial charge >= 0.3 is 6.18 Å². The van der Waals surface area contributed by atoms with Gasteiger partial charge in [0.25, 0.3) is 5.69 Å². The zero-order valence-corrected chi connectivity index (χ0v) is 17.6. The molecule has 3 aromatic rings. The Labute approximate surface area is 181 Å². The van der Waals surface area contributed by atoms with Crippen molar-refractivity contribution in [2.24, 2.45) is 0 Å². The summed E-state index contributed by atoms with van der Waals surface area (Å²) < 4.78 is 38.8. The molecule has 0 aliphatic heterocycles. The highest BCUT2D eigenvalue weighted by Crippen LogP contribution is 2.30. The number of rotatable bonds is 4. The standard InChI is InChI=1S/C11H8F3N3O.C7H6ClNO2.C2H6/c12-11(13,14)8-2-1-3-9(6-8)17-5-4-10(16-17)15-7-18;1-5-4-6(8)2-3-7(5)9(10)11;1-2/h1-7H,(H,15,16,18);2-4H,1H3;1-2H3. The maximum Gasteiger partial charge on any atom is 0.416 e. The molecule has 0 atom stereocenters. The predicted octanol–water partition coefficient (Wildman–Crippen LogP) is 6.04. The molecule has 2 aromatic carbocycles. The minimum atomic E-state index is -4.40. The van der Waals surface area contributed by atoms with Gasteiger partial charge in [-0.25, -0.2) is 4.68 Å². The molecule has 0 bridgehead atoms. The van der Waals surface area contributed by atoms with E-state index >= 15 is 0 Å². The number of nitro benzene ring substituents is 1. The molecule has 31 heavy (non-hydrogen) atoms. The number of aromatic nitrogens is 2. The maximum absolute atomic E-state index is 12.5. The van der Waals surface area contributed by atoms with Gasteiger partial charge in [-0.15, -0.1) is 0 Å². The molecular formula is C20H20ClF3N4O3. The topological polar surface area (TPSA) is 90.1 Å². The fourth-order valence-corrected chi connectivity index (χ4v) is 2.48. The van der Waals surface area contributed by atoms with Crippen LogP contribution in [0.15, 0.2) is 54.7 Å². The zero-order valence-electron chi connectivity index (χ0n) is 16.9. The first kappa shape index (κ1) is 25.6. The monoisotopic (exact) mass is 456 g/mol. The van der Waals surface area contributed by atoms with E-state index < -0.39 is 16.7 Å². The number of nitrogens with zero attached hydrogens (tertiary/aromatic N) is 3. The van der Waals surface area contributed by atoms with Crippen molar-refractivity contribution < 1.29 is 22.9 Å². The number of hydrogen-bond donors (Lipinski definition) is 1. The predicted molar refractivity (Wildman–Crippen MR) is 112 cm³/mol. The molecule has 11 heteroatoms. The molecule has 0 aliphatic rings. The summed E-state index contributed by atoms with van der Waals surface area (Å²) in [7, 11) is 0. The van der Waals surface area contributed by atoms with Crippen molar-refractivity contribution in [3.63, 3.8) is 0 Å². The van der Waals surface area contributed by atoms with E-state index in [4.69, 9.17) is 11.6 Å². The first-order valence-corrected chi connectivity index (χ1v) is 9.33. The highest BCUT2D eigenvalue weighted by atomic mass is 35.5. The Hall–Kier alpha value is -3.40. The summed E-state index contributed by atoms with van der Waals surface area (Å²) >= 11 is 5.60. The van der Waals surface area contributed by atoms with E-state index in [1.165, 1.54) is 41.2 Å². The van der Waals surface area contributed by atoms with Gasteiger partial charge in [-0.1, -0.05) is 31.5 Å². The molecule has 1 aromatic heterocycles. The van der Waals surface area contributed by atoms with Crippen LogP contribution in [0, 0.1) is 17.0 Å². The Kier molecular flexibility index (Phi) is 9.68. The lowest BCUT2D eigenvalue weighted by molar-refractivity contribution is -0.385. The fourth-order valence-electron chi connectivity index (χ4n) is 2.25. The first-order chi connectivity index (χ1) is 14.6. The van der Waals surface area contributed by atoms with Gasteiger partial charge in [0, 0.05) is 28.9 Å². The highest BCUT2D eigenvalue weighted by molar-refractivity contribution is 6.30. The third-order valence-corrected chi connectivity index (χ3v) is 3.82. The lowest BCUT2D eigenvalue weighted by atomic mass is 10.2. The van der Waals surface area contributed by atoms with E-state index in [-0.39, 0.29) is 17.2 Å². The number of carbonyl (C=O) groups is 1. The number of aryl methyl sites for hydroxylation is 1. The van der Waals surface area contributed by atoms with Crippen LogP contribution in [0.3, 0.4) is 0 Å². The van der Waals surface area contributed by atoms with Crippen LogP contribution in [0.5, 0.6) is 0 Å². The van der Waals surface area contributed by atoms with E-state index in [1.54, 1.807) is 13.0 Å². The minimum absolute atomic E-state index is 0.106. The second-order valence-corrected chi connectivity index (χ2v) is 6.08. The Morgan fingerprint density at radius 3 is 2.39 bits per heavy atom. The van der Waals surface area contributed by atoms with Crippen LogP contribution < -0.4 is 5.32 Å². The molecule has 0 saturated carbocycles. The quantitative estimate of drug-likeness (QED) is 0.294. The number of benzene rings is 2. The third-order valence-electron chi connectivity index (χ3n) is 3.59. The van der Waals surface area contributed by atoms with Crippen LogP contribution in [0.1, 0.15) is 25.0 Å². The molecule has 3 rings (SSSR count). The van der Waals surface area contributed by atoms with Crippen LogP contribution in [0.25, 0.3) is 5.69 Å². The van der Waals surface area contributed by atoms with Crippen LogP contribution in [0.2, 0.25) is 5.02 Å². The number of anilines is 1. The largest absolute Gasteiger partial charge is 0.416 e. The summed E-state index contributed by atoms with van der Waals surface area (Å²) in [5.74, 6) is 0.266. The highest BCUT2D eigenvalue weighted by Gasteiger charge is 2.30. The van der Waals surface area contributed by atoms with Crippen LogP contribution in [-0.2, 0) is 11.0 Å². The SMILES string of the molecule is CC.Cc1cc(Cl)ccc1[N+](=O)[O-].O=CNc1ccn(-c2cccc(C(F)(F)F)c2)n1. The Balaban J connectivity index is 0.000000317. The van der Waals surface area contributed by atoms with E-state index in [2.05, 4.69) is 10.4 Å². The van der Waals surface area contributed by atoms with E-state index in [1.807, 2.05) is 13.8 Å². The number of hydrogen-bond acceptors (Lipinski definition) is 4. The smallest absolute Gasteiger partial charge is 0.312 e. The Morgan fingerprint density at radius 2 is 1.84 bits per heavy atom. The zero-order chi connectivity index (χ0) is 23.6. The number of nitrogens with one attached hydrogen (secondary N) is 1. The molecule has 0 fully saturated rings. The summed E-state index contributed by atoms with van der Waals surface area (Å²) in [6.45, 7) is 5.66. The minimum Gasteiger partial charge on any atom is -0.312 e. The maximum atomic E-state index is 12.5. The van der Waals surface area contributed by atoms with Crippen molar-refractivity contribution in [2.75, 3.05) is 5.32 Å². The number of halogens is 4. The van der Waals surface area contributed by atoms with Crippen LogP contribution >= 0.6 is 11.6 Å². The van der Waals surface area contributed by atoms with Gasteiger partial charge < -0.3 is 5.32 Å². The lowest BCUT2D eigenvalue weighted by Gasteiger charge is -2.08. The van der Waals surface area contributed by atoms with Crippen LogP contribution in [-0.4, -0.2) is 21.1 Å². The molecule has 0 unspecified atom stereocenters. The van der Waals surface area contributed by atoms with Crippen LogP contribution in [0.4, 0.5) is 24.7 Å². The second kappa shape index (κ2) is 11.7. The van der Waals surface area contributed by atoms with E-state index in [0.717, 1.165) is 12.1 Å². The number of alkyl halides is 3. The first-order valence-electron chi connectivity index (χ1n) is 8.96. The second-order valence-electron chi connectivity index (χ2n) is 5.64. The lowest BCUT2D eigenvalue weighted by Crippen LogP contribution is -2.06. The van der Waals surface area contributed by atoms with Crippen molar-refractivity contribution in [3.8, 4) is 5.69 Å². The molecule has 1 heterocycles. The van der Waals surface area contributed by atoms with Crippen molar-refractivity contribution in [1.82, 2.24) is 9.78 Å². The molecule has 0 aliphatic carbocycles. The molecule has 166 valence electrons. The van der Waals surface area contributed by atoms with Crippen molar-refractivity contribution >= 4 is 29.5 Å². The average Bonchev–Trinajstić information content (AvgIpc) is 3.18. The molecule has 7 nitrogen and oxygen atoms in total. The van der Waals surface area contributed by atoms with Gasteiger partial charge in [-0.2, -0.15) is 18.3 Å². The molecule has 0 saturated heterocycles. The number of nitro groups is 1. The average molecular weight is 457 g/mol. The summed E-state index contributed by atoms with van der Waals surface area (Å²) in [6.07, 6.45) is -2.49. The van der Waals surface area contributed by atoms with E-state index in [9.17, 15) is 28.1 Å². The summed E-state index contributed by atoms with van der Waals surface area (Å²) in [4.78, 5) is 20.1. The van der Waals surface area contributed by atoms with Gasteiger partial charge in [-0.05, 0) is 37.3 Å². The fraction of sp³-hybridized carbons (Fsp3) is 0.200. The summed E-state index contributed by atoms with van der Waals surface area (Å²) in [6, 6.07) is 10.7. The van der Waals surface area contributed by atoms with E-state index in [0.29, 0.717) is 17.0 Å². The summed E-state index contributed by atoms with van der Waals surface area (Å²) in [5, 5.41) is 17.0. The Bertz CT molecular complexity index is 1020. The van der Waals surface area contributed by atoms with Gasteiger partial charge in [0.2, 0.25) is 6.41 Å². The van der Waals surface area contributed by atoms with Gasteiger partial charge in [0.15, 0.2) is 5.82 Å². The molecule has 1 amide bonds. The molecule has 0 spiro atoms.